The number of aromatic nitrogens is 4. The Morgan fingerprint density at radius 1 is 1.03 bits per heavy atom. The highest BCUT2D eigenvalue weighted by molar-refractivity contribution is 6.04. The molecule has 174 valence electrons. The van der Waals surface area contributed by atoms with Crippen molar-refractivity contribution in [1.82, 2.24) is 19.5 Å². The number of rotatable bonds is 7. The number of imidazole rings is 1. The number of carbonyl (C=O) groups is 1. The van der Waals surface area contributed by atoms with Gasteiger partial charge in [0, 0.05) is 41.9 Å². The highest BCUT2D eigenvalue weighted by Gasteiger charge is 2.30. The fraction of sp³-hybridized carbons (Fsp3) is 0.167. The van der Waals surface area contributed by atoms with Crippen molar-refractivity contribution in [2.24, 2.45) is 0 Å². The van der Waals surface area contributed by atoms with Gasteiger partial charge < -0.3 is 10.6 Å². The highest BCUT2D eigenvalue weighted by atomic mass is 19.4. The average molecular weight is 466 g/mol. The fourth-order valence-corrected chi connectivity index (χ4v) is 3.28. The van der Waals surface area contributed by atoms with Crippen molar-refractivity contribution in [2.75, 3.05) is 17.2 Å². The smallest absolute Gasteiger partial charge is 0.354 e. The van der Waals surface area contributed by atoms with Gasteiger partial charge in [0.15, 0.2) is 0 Å². The lowest BCUT2D eigenvalue weighted by Crippen LogP contribution is -2.14. The van der Waals surface area contributed by atoms with Crippen molar-refractivity contribution >= 4 is 17.5 Å². The van der Waals surface area contributed by atoms with Crippen LogP contribution in [0.4, 0.5) is 24.8 Å². The zero-order valence-corrected chi connectivity index (χ0v) is 18.2. The van der Waals surface area contributed by atoms with Crippen molar-refractivity contribution in [1.29, 1.82) is 0 Å². The number of hydrogen-bond acceptors (Lipinski definition) is 5. The Balaban J connectivity index is 1.58. The number of anilines is 2. The number of nitrogens with one attached hydrogen (secondary N) is 2. The molecular formula is C24H21F3N6O. The van der Waals surface area contributed by atoms with E-state index in [1.54, 1.807) is 47.4 Å². The van der Waals surface area contributed by atoms with Crippen LogP contribution in [-0.4, -0.2) is 32.0 Å². The van der Waals surface area contributed by atoms with Crippen LogP contribution in [0.5, 0.6) is 0 Å². The molecule has 10 heteroatoms. The molecule has 0 fully saturated rings. The van der Waals surface area contributed by atoms with E-state index < -0.39 is 17.6 Å². The van der Waals surface area contributed by atoms with E-state index in [1.807, 2.05) is 13.0 Å². The Bertz CT molecular complexity index is 1300. The molecule has 7 nitrogen and oxygen atoms in total. The van der Waals surface area contributed by atoms with Crippen LogP contribution >= 0.6 is 0 Å². The maximum Gasteiger partial charge on any atom is 0.416 e. The minimum atomic E-state index is -4.53. The van der Waals surface area contributed by atoms with Gasteiger partial charge in [-0.25, -0.2) is 9.97 Å². The molecule has 2 heterocycles. The van der Waals surface area contributed by atoms with E-state index in [9.17, 15) is 18.0 Å². The minimum absolute atomic E-state index is 0.0881. The lowest BCUT2D eigenvalue weighted by atomic mass is 10.1. The molecule has 0 aliphatic carbocycles. The van der Waals surface area contributed by atoms with E-state index in [0.717, 1.165) is 25.1 Å². The molecule has 1 amide bonds. The third-order valence-corrected chi connectivity index (χ3v) is 4.89. The largest absolute Gasteiger partial charge is 0.416 e. The molecule has 0 bridgehead atoms. The van der Waals surface area contributed by atoms with Gasteiger partial charge in [-0.05, 0) is 42.8 Å². The lowest BCUT2D eigenvalue weighted by molar-refractivity contribution is -0.137. The van der Waals surface area contributed by atoms with Crippen LogP contribution in [0.25, 0.3) is 17.2 Å². The van der Waals surface area contributed by atoms with Crippen molar-refractivity contribution in [3.8, 4) is 17.2 Å². The molecule has 2 N–H and O–H groups in total. The molecule has 0 atom stereocenters. The van der Waals surface area contributed by atoms with Crippen molar-refractivity contribution in [3.63, 3.8) is 0 Å². The van der Waals surface area contributed by atoms with Gasteiger partial charge in [0.25, 0.3) is 5.91 Å². The van der Waals surface area contributed by atoms with E-state index >= 15 is 0 Å². The van der Waals surface area contributed by atoms with Gasteiger partial charge in [0.05, 0.1) is 5.56 Å². The Hall–Kier alpha value is -4.21. The van der Waals surface area contributed by atoms with Crippen LogP contribution in [0.2, 0.25) is 0 Å². The zero-order chi connectivity index (χ0) is 24.1. The van der Waals surface area contributed by atoms with Crippen LogP contribution in [-0.2, 0) is 6.18 Å². The van der Waals surface area contributed by atoms with E-state index in [1.165, 1.54) is 12.1 Å². The molecule has 2 aromatic heterocycles. The monoisotopic (exact) mass is 466 g/mol. The quantitative estimate of drug-likeness (QED) is 0.380. The standard InChI is InChI=1S/C24H21F3N6O/c1-2-10-29-23-30-11-9-20(32-23)33-13-12-28-21(33)16-5-4-8-19(15-16)31-22(34)17-6-3-7-18(14-17)24(25,26)27/h3-9,11-15H,2,10H2,1H3,(H,31,34)(H,29,30,32). The van der Waals surface area contributed by atoms with Crippen LogP contribution in [0.3, 0.4) is 0 Å². The molecule has 0 radical (unpaired) electrons. The number of carbonyl (C=O) groups excluding carboxylic acids is 1. The number of benzene rings is 2. The number of hydrogen-bond donors (Lipinski definition) is 2. The normalized spacial score (nSPS) is 11.3. The molecular weight excluding hydrogens is 445 g/mol. The Labute approximate surface area is 193 Å². The van der Waals surface area contributed by atoms with E-state index in [-0.39, 0.29) is 5.56 Å². The number of amides is 1. The Morgan fingerprint density at radius 3 is 2.65 bits per heavy atom. The van der Waals surface area contributed by atoms with Gasteiger partial charge in [-0.3, -0.25) is 9.36 Å². The molecule has 2 aromatic carbocycles. The molecule has 0 saturated heterocycles. The van der Waals surface area contributed by atoms with E-state index in [4.69, 9.17) is 0 Å². The first-order chi connectivity index (χ1) is 16.3. The first kappa shape index (κ1) is 23.0. The van der Waals surface area contributed by atoms with E-state index in [0.29, 0.717) is 28.8 Å². The van der Waals surface area contributed by atoms with Crippen molar-refractivity contribution < 1.29 is 18.0 Å². The molecule has 4 rings (SSSR count). The number of alkyl halides is 3. The maximum atomic E-state index is 13.0. The first-order valence-corrected chi connectivity index (χ1v) is 10.5. The first-order valence-electron chi connectivity index (χ1n) is 10.5. The van der Waals surface area contributed by atoms with Crippen molar-refractivity contribution in [2.45, 2.75) is 19.5 Å². The zero-order valence-electron chi connectivity index (χ0n) is 18.2. The van der Waals surface area contributed by atoms with Gasteiger partial charge in [0.1, 0.15) is 11.6 Å². The van der Waals surface area contributed by atoms with Crippen LogP contribution in [0, 0.1) is 0 Å². The maximum absolute atomic E-state index is 13.0. The van der Waals surface area contributed by atoms with Crippen molar-refractivity contribution in [3.05, 3.63) is 84.3 Å². The topological polar surface area (TPSA) is 84.7 Å². The molecule has 34 heavy (non-hydrogen) atoms. The second kappa shape index (κ2) is 9.74. The van der Waals surface area contributed by atoms with E-state index in [2.05, 4.69) is 25.6 Å². The molecule has 0 spiro atoms. The number of halogens is 3. The summed E-state index contributed by atoms with van der Waals surface area (Å²) in [6.45, 7) is 2.79. The summed E-state index contributed by atoms with van der Waals surface area (Å²) in [5.41, 5.74) is 0.138. The van der Waals surface area contributed by atoms with Gasteiger partial charge in [-0.1, -0.05) is 25.1 Å². The van der Waals surface area contributed by atoms with Gasteiger partial charge >= 0.3 is 6.18 Å². The lowest BCUT2D eigenvalue weighted by Gasteiger charge is -2.11. The summed E-state index contributed by atoms with van der Waals surface area (Å²) in [6, 6.07) is 12.9. The predicted molar refractivity (Wildman–Crippen MR) is 123 cm³/mol. The summed E-state index contributed by atoms with van der Waals surface area (Å²) in [7, 11) is 0. The molecule has 0 aliphatic heterocycles. The summed E-state index contributed by atoms with van der Waals surface area (Å²) < 4.78 is 40.7. The summed E-state index contributed by atoms with van der Waals surface area (Å²) in [4.78, 5) is 25.7. The minimum Gasteiger partial charge on any atom is -0.354 e. The highest BCUT2D eigenvalue weighted by Crippen LogP contribution is 2.30. The summed E-state index contributed by atoms with van der Waals surface area (Å²) in [5, 5.41) is 5.79. The molecule has 0 saturated carbocycles. The summed E-state index contributed by atoms with van der Waals surface area (Å²) >= 11 is 0. The summed E-state index contributed by atoms with van der Waals surface area (Å²) in [5.74, 6) is 1.05. The molecule has 4 aromatic rings. The second-order valence-electron chi connectivity index (χ2n) is 7.40. The molecule has 0 aliphatic rings. The van der Waals surface area contributed by atoms with Gasteiger partial charge in [-0.15, -0.1) is 0 Å². The van der Waals surface area contributed by atoms with Crippen LogP contribution in [0.15, 0.2) is 73.2 Å². The summed E-state index contributed by atoms with van der Waals surface area (Å²) in [6.07, 6.45) is 1.44. The third kappa shape index (κ3) is 5.22. The van der Waals surface area contributed by atoms with Crippen LogP contribution < -0.4 is 10.6 Å². The Kier molecular flexibility index (Phi) is 6.58. The van der Waals surface area contributed by atoms with Gasteiger partial charge in [0.2, 0.25) is 5.95 Å². The third-order valence-electron chi connectivity index (χ3n) is 4.89. The predicted octanol–water partition coefficient (Wildman–Crippen LogP) is 5.42. The van der Waals surface area contributed by atoms with Gasteiger partial charge in [-0.2, -0.15) is 18.2 Å². The number of nitrogens with zero attached hydrogens (tertiary/aromatic N) is 4. The van der Waals surface area contributed by atoms with Crippen LogP contribution in [0.1, 0.15) is 29.3 Å². The molecule has 0 unspecified atom stereocenters. The Morgan fingerprint density at radius 2 is 1.85 bits per heavy atom. The average Bonchev–Trinajstić information content (AvgIpc) is 3.33. The SMILES string of the molecule is CCCNc1nccc(-n2ccnc2-c2cccc(NC(=O)c3cccc(C(F)(F)F)c3)c2)n1. The fourth-order valence-electron chi connectivity index (χ4n) is 3.28. The second-order valence-corrected chi connectivity index (χ2v) is 7.40.